The molecule has 0 spiro atoms. The minimum atomic E-state index is 0. The maximum Gasteiger partial charge on any atom is 0.126 e. The van der Waals surface area contributed by atoms with Crippen LogP contribution in [0.2, 0.25) is 0 Å². The lowest BCUT2D eigenvalue weighted by Gasteiger charge is -2.29. The number of benzene rings is 3. The molecule has 3 aromatic rings. The van der Waals surface area contributed by atoms with Gasteiger partial charge in [0.2, 0.25) is 0 Å². The van der Waals surface area contributed by atoms with Crippen molar-refractivity contribution >= 4 is 36.2 Å². The van der Waals surface area contributed by atoms with Crippen molar-refractivity contribution in [3.05, 3.63) is 106 Å². The quantitative estimate of drug-likeness (QED) is 0.298. The summed E-state index contributed by atoms with van der Waals surface area (Å²) >= 11 is 0. The first-order chi connectivity index (χ1) is 16.8. The molecule has 180 valence electrons. The number of methoxy groups -OCH3 is 2. The Labute approximate surface area is 214 Å². The Hall–Kier alpha value is -3.27. The highest BCUT2D eigenvalue weighted by Gasteiger charge is 2.22. The predicted octanol–water partition coefficient (Wildman–Crippen LogP) is 7.22. The number of likely N-dealkylation sites (tertiary alicyclic amines) is 1. The van der Waals surface area contributed by atoms with E-state index in [2.05, 4.69) is 77.7 Å². The van der Waals surface area contributed by atoms with E-state index >= 15 is 0 Å². The summed E-state index contributed by atoms with van der Waals surface area (Å²) in [6.45, 7) is 3.06. The third-order valence-corrected chi connectivity index (χ3v) is 6.81. The van der Waals surface area contributed by atoms with Gasteiger partial charge in [0.1, 0.15) is 11.5 Å². The van der Waals surface area contributed by atoms with Crippen molar-refractivity contribution < 1.29 is 9.47 Å². The Morgan fingerprint density at radius 2 is 1.43 bits per heavy atom. The van der Waals surface area contributed by atoms with Gasteiger partial charge in [-0.1, -0.05) is 78.4 Å². The van der Waals surface area contributed by atoms with Crippen LogP contribution in [-0.2, 0) is 0 Å². The van der Waals surface area contributed by atoms with Gasteiger partial charge in [0.25, 0.3) is 0 Å². The monoisotopic (exact) mass is 485 g/mol. The number of piperidine rings is 1. The summed E-state index contributed by atoms with van der Waals surface area (Å²) in [5.41, 5.74) is 9.37. The molecule has 0 N–H and O–H groups in total. The van der Waals surface area contributed by atoms with Crippen LogP contribution in [0.15, 0.2) is 78.4 Å². The van der Waals surface area contributed by atoms with E-state index in [0.717, 1.165) is 49.5 Å². The molecule has 0 atom stereocenters. The third-order valence-electron chi connectivity index (χ3n) is 6.81. The van der Waals surface area contributed by atoms with Crippen LogP contribution >= 0.6 is 12.4 Å². The van der Waals surface area contributed by atoms with E-state index in [4.69, 9.17) is 9.47 Å². The zero-order valence-electron chi connectivity index (χ0n) is 20.4. The van der Waals surface area contributed by atoms with E-state index < -0.39 is 0 Å². The smallest absolute Gasteiger partial charge is 0.126 e. The van der Waals surface area contributed by atoms with Gasteiger partial charge in [-0.25, -0.2) is 0 Å². The molecule has 0 unspecified atom stereocenters. The van der Waals surface area contributed by atoms with Crippen LogP contribution in [0, 0.1) is 0 Å². The van der Waals surface area contributed by atoms with Gasteiger partial charge in [0.05, 0.1) is 14.2 Å². The maximum atomic E-state index is 5.50. The maximum absolute atomic E-state index is 5.50. The number of hydrogen-bond acceptors (Lipinski definition) is 3. The first-order valence-electron chi connectivity index (χ1n) is 12.0. The van der Waals surface area contributed by atoms with E-state index in [9.17, 15) is 0 Å². The molecule has 4 heteroatoms. The normalized spacial score (nSPS) is 15.3. The number of ether oxygens (including phenoxy) is 2. The van der Waals surface area contributed by atoms with Crippen LogP contribution in [-0.4, -0.2) is 38.8 Å². The molecule has 1 fully saturated rings. The Morgan fingerprint density at radius 3 is 2.03 bits per heavy atom. The standard InChI is InChI=1S/C31H31NO2.ClH/c1-33-27-15-16-30(34-2)26(22-27)10-7-19-32-20-17-25(18-21-32)31-28-11-5-3-8-23(28)13-14-24-9-4-6-12-29(24)31;/h3-16,22H,17-21H2,1-2H3;1H. The molecule has 0 bridgehead atoms. The summed E-state index contributed by atoms with van der Waals surface area (Å²) in [5, 5.41) is 0. The fraction of sp³-hybridized carbons (Fsp3) is 0.226. The van der Waals surface area contributed by atoms with E-state index in [-0.39, 0.29) is 12.4 Å². The second kappa shape index (κ2) is 11.4. The van der Waals surface area contributed by atoms with Crippen molar-refractivity contribution in [3.63, 3.8) is 0 Å². The molecular formula is C31H32ClNO2. The fourth-order valence-electron chi connectivity index (χ4n) is 5.00. The predicted molar refractivity (Wildman–Crippen MR) is 149 cm³/mol. The fourth-order valence-corrected chi connectivity index (χ4v) is 5.00. The van der Waals surface area contributed by atoms with Gasteiger partial charge >= 0.3 is 0 Å². The van der Waals surface area contributed by atoms with Crippen molar-refractivity contribution in [2.75, 3.05) is 33.9 Å². The van der Waals surface area contributed by atoms with Gasteiger partial charge < -0.3 is 9.47 Å². The van der Waals surface area contributed by atoms with Gasteiger partial charge in [-0.3, -0.25) is 4.90 Å². The molecule has 35 heavy (non-hydrogen) atoms. The summed E-state index contributed by atoms with van der Waals surface area (Å²) in [5.74, 6) is 1.70. The van der Waals surface area contributed by atoms with Crippen molar-refractivity contribution in [3.8, 4) is 11.5 Å². The van der Waals surface area contributed by atoms with Crippen LogP contribution in [0.1, 0.15) is 40.7 Å². The van der Waals surface area contributed by atoms with E-state index in [0.29, 0.717) is 0 Å². The van der Waals surface area contributed by atoms with Crippen molar-refractivity contribution in [1.82, 2.24) is 4.90 Å². The molecule has 3 aromatic carbocycles. The Bertz CT molecular complexity index is 1210. The molecule has 1 aliphatic heterocycles. The summed E-state index contributed by atoms with van der Waals surface area (Å²) in [6, 6.07) is 23.5. The first-order valence-corrected chi connectivity index (χ1v) is 12.0. The highest BCUT2D eigenvalue weighted by Crippen LogP contribution is 2.38. The van der Waals surface area contributed by atoms with Crippen LogP contribution in [0.25, 0.3) is 23.8 Å². The van der Waals surface area contributed by atoms with Gasteiger partial charge in [0.15, 0.2) is 0 Å². The molecular weight excluding hydrogens is 454 g/mol. The number of fused-ring (bicyclic) bond motifs is 2. The lowest BCUT2D eigenvalue weighted by Crippen LogP contribution is -2.31. The van der Waals surface area contributed by atoms with Crippen LogP contribution in [0.3, 0.4) is 0 Å². The topological polar surface area (TPSA) is 21.7 Å². The molecule has 5 rings (SSSR count). The highest BCUT2D eigenvalue weighted by atomic mass is 35.5. The van der Waals surface area contributed by atoms with Crippen molar-refractivity contribution in [2.24, 2.45) is 0 Å². The van der Waals surface area contributed by atoms with E-state index in [1.807, 2.05) is 18.2 Å². The van der Waals surface area contributed by atoms with E-state index in [1.165, 1.54) is 27.8 Å². The minimum Gasteiger partial charge on any atom is -0.497 e. The van der Waals surface area contributed by atoms with Gasteiger partial charge in [-0.15, -0.1) is 12.4 Å². The Balaban J connectivity index is 0.00000289. The summed E-state index contributed by atoms with van der Waals surface area (Å²) in [4.78, 5) is 2.53. The lowest BCUT2D eigenvalue weighted by molar-refractivity contribution is 0.284. The van der Waals surface area contributed by atoms with Gasteiger partial charge in [-0.2, -0.15) is 0 Å². The summed E-state index contributed by atoms with van der Waals surface area (Å²) in [6.07, 6.45) is 11.1. The number of rotatable bonds is 5. The van der Waals surface area contributed by atoms with Gasteiger partial charge in [-0.05, 0) is 58.9 Å². The molecule has 1 heterocycles. The first kappa shape index (κ1) is 24.8. The number of halogens is 1. The van der Waals surface area contributed by atoms with Crippen LogP contribution < -0.4 is 9.47 Å². The van der Waals surface area contributed by atoms with Crippen LogP contribution in [0.5, 0.6) is 11.5 Å². The molecule has 0 saturated carbocycles. The SMILES string of the molecule is COc1ccc(OC)c(C=CCN2CCC(=C3c4ccccc4C=Cc4ccccc43)CC2)c1.Cl. The Morgan fingerprint density at radius 1 is 0.800 bits per heavy atom. The highest BCUT2D eigenvalue weighted by molar-refractivity contribution is 5.94. The summed E-state index contributed by atoms with van der Waals surface area (Å²) < 4.78 is 10.9. The summed E-state index contributed by atoms with van der Waals surface area (Å²) in [7, 11) is 3.40. The Kier molecular flexibility index (Phi) is 8.12. The molecule has 0 aromatic heterocycles. The molecule has 0 amide bonds. The van der Waals surface area contributed by atoms with Crippen LogP contribution in [0.4, 0.5) is 0 Å². The zero-order chi connectivity index (χ0) is 23.3. The lowest BCUT2D eigenvalue weighted by atomic mass is 9.86. The third kappa shape index (κ3) is 5.37. The van der Waals surface area contributed by atoms with Crippen molar-refractivity contribution in [2.45, 2.75) is 12.8 Å². The molecule has 0 radical (unpaired) electrons. The molecule has 1 aliphatic carbocycles. The molecule has 3 nitrogen and oxygen atoms in total. The largest absolute Gasteiger partial charge is 0.497 e. The van der Waals surface area contributed by atoms with E-state index in [1.54, 1.807) is 19.8 Å². The number of nitrogens with zero attached hydrogens (tertiary/aromatic N) is 1. The second-order valence-electron chi connectivity index (χ2n) is 8.80. The average Bonchev–Trinajstić information content (AvgIpc) is 3.06. The van der Waals surface area contributed by atoms with Crippen molar-refractivity contribution in [1.29, 1.82) is 0 Å². The minimum absolute atomic E-state index is 0. The molecule has 2 aliphatic rings. The van der Waals surface area contributed by atoms with Gasteiger partial charge in [0, 0.05) is 25.2 Å². The molecule has 1 saturated heterocycles. The second-order valence-corrected chi connectivity index (χ2v) is 8.80. The number of hydrogen-bond donors (Lipinski definition) is 0. The zero-order valence-corrected chi connectivity index (χ0v) is 21.2. The average molecular weight is 486 g/mol.